The van der Waals surface area contributed by atoms with Crippen molar-refractivity contribution in [3.05, 3.63) is 51.8 Å². The molecule has 1 aromatic carbocycles. The van der Waals surface area contributed by atoms with E-state index >= 15 is 0 Å². The lowest BCUT2D eigenvalue weighted by molar-refractivity contribution is 0.0424. The second-order valence-electron chi connectivity index (χ2n) is 5.74. The molecule has 0 radical (unpaired) electrons. The number of aromatic nitrogens is 2. The molecule has 9 heteroatoms. The first-order valence-corrected chi connectivity index (χ1v) is 8.48. The zero-order chi connectivity index (χ0) is 18.0. The van der Waals surface area contributed by atoms with Gasteiger partial charge in [-0.2, -0.15) is 18.6 Å². The highest BCUT2D eigenvalue weighted by Crippen LogP contribution is 2.23. The number of amides is 1. The van der Waals surface area contributed by atoms with Crippen LogP contribution in [-0.4, -0.2) is 51.7 Å². The lowest BCUT2D eigenvalue weighted by Crippen LogP contribution is -2.48. The summed E-state index contributed by atoms with van der Waals surface area (Å²) in [5.41, 5.74) is 0.866. The number of carbonyl (C=O) groups is 1. The number of piperazine rings is 1. The maximum Gasteiger partial charge on any atom is 0.333 e. The molecule has 0 unspecified atom stereocenters. The maximum absolute atomic E-state index is 12.9. The van der Waals surface area contributed by atoms with Gasteiger partial charge in [0.25, 0.3) is 5.91 Å². The van der Waals surface area contributed by atoms with Gasteiger partial charge in [-0.15, -0.1) is 0 Å². The average molecular weight is 389 g/mol. The number of hydrogen-bond donors (Lipinski definition) is 0. The number of alkyl halides is 2. The van der Waals surface area contributed by atoms with E-state index in [4.69, 9.17) is 23.2 Å². The number of hydrogen-bond acceptors (Lipinski definition) is 3. The zero-order valence-corrected chi connectivity index (χ0v) is 14.7. The second-order valence-corrected chi connectivity index (χ2v) is 6.59. The normalized spacial score (nSPS) is 15.8. The molecule has 0 saturated carbocycles. The van der Waals surface area contributed by atoms with Gasteiger partial charge in [0.1, 0.15) is 5.69 Å². The van der Waals surface area contributed by atoms with E-state index < -0.39 is 12.5 Å². The molecular weight excluding hydrogens is 373 g/mol. The van der Waals surface area contributed by atoms with Gasteiger partial charge in [-0.25, -0.2) is 0 Å². The van der Waals surface area contributed by atoms with Crippen LogP contribution in [0.1, 0.15) is 22.6 Å². The fourth-order valence-corrected chi connectivity index (χ4v) is 3.27. The topological polar surface area (TPSA) is 41.4 Å². The summed E-state index contributed by atoms with van der Waals surface area (Å²) in [5.74, 6) is -0.429. The Morgan fingerprint density at radius 1 is 1.16 bits per heavy atom. The Balaban J connectivity index is 1.60. The molecule has 25 heavy (non-hydrogen) atoms. The van der Waals surface area contributed by atoms with Crippen molar-refractivity contribution in [1.82, 2.24) is 19.6 Å². The summed E-state index contributed by atoms with van der Waals surface area (Å²) in [6.45, 7) is -0.00687. The smallest absolute Gasteiger partial charge is 0.333 e. The first-order valence-electron chi connectivity index (χ1n) is 7.73. The third-order valence-corrected chi connectivity index (χ3v) is 4.73. The van der Waals surface area contributed by atoms with Gasteiger partial charge in [-0.3, -0.25) is 9.69 Å². The maximum atomic E-state index is 12.9. The Labute approximate surface area is 153 Å². The summed E-state index contributed by atoms with van der Waals surface area (Å²) >= 11 is 12.1. The molecule has 134 valence electrons. The van der Waals surface area contributed by atoms with Crippen LogP contribution in [0.15, 0.2) is 30.5 Å². The van der Waals surface area contributed by atoms with Crippen molar-refractivity contribution in [3.63, 3.8) is 0 Å². The van der Waals surface area contributed by atoms with Crippen molar-refractivity contribution in [3.8, 4) is 0 Å². The van der Waals surface area contributed by atoms with Crippen LogP contribution in [0.5, 0.6) is 0 Å². The predicted octanol–water partition coefficient (Wildman–Crippen LogP) is 3.54. The molecule has 3 rings (SSSR count). The molecule has 1 aliphatic rings. The second kappa shape index (κ2) is 7.68. The van der Waals surface area contributed by atoms with Gasteiger partial charge in [0.2, 0.25) is 0 Å². The summed E-state index contributed by atoms with van der Waals surface area (Å²) < 4.78 is 26.2. The Bertz CT molecular complexity index is 760. The van der Waals surface area contributed by atoms with Crippen molar-refractivity contribution in [1.29, 1.82) is 0 Å². The summed E-state index contributed by atoms with van der Waals surface area (Å²) in [6.07, 6.45) is 1.21. The summed E-state index contributed by atoms with van der Waals surface area (Å²) in [4.78, 5) is 16.1. The van der Waals surface area contributed by atoms with Gasteiger partial charge in [-0.05, 0) is 23.8 Å². The molecule has 1 aromatic heterocycles. The minimum absolute atomic E-state index is 0.0933. The standard InChI is InChI=1S/C16H16Cl2F2N4O/c17-12-2-1-11(13(18)9-12)10-22-5-7-23(8-6-22)15(25)14-3-4-21-24(14)16(19)20/h1-4,9,16H,5-8,10H2. The van der Waals surface area contributed by atoms with Crippen molar-refractivity contribution in [2.45, 2.75) is 13.1 Å². The fourth-order valence-electron chi connectivity index (χ4n) is 2.80. The number of benzene rings is 1. The highest BCUT2D eigenvalue weighted by atomic mass is 35.5. The molecule has 0 spiro atoms. The third-order valence-electron chi connectivity index (χ3n) is 4.14. The highest BCUT2D eigenvalue weighted by Gasteiger charge is 2.26. The van der Waals surface area contributed by atoms with Gasteiger partial charge >= 0.3 is 6.55 Å². The van der Waals surface area contributed by atoms with Crippen LogP contribution in [-0.2, 0) is 6.54 Å². The van der Waals surface area contributed by atoms with Crippen LogP contribution in [0.25, 0.3) is 0 Å². The van der Waals surface area contributed by atoms with Crippen LogP contribution in [0.2, 0.25) is 10.0 Å². The first kappa shape index (κ1) is 18.1. The van der Waals surface area contributed by atoms with E-state index in [1.54, 1.807) is 17.0 Å². The summed E-state index contributed by atoms with van der Waals surface area (Å²) in [7, 11) is 0. The lowest BCUT2D eigenvalue weighted by atomic mass is 10.2. The van der Waals surface area contributed by atoms with E-state index in [-0.39, 0.29) is 5.69 Å². The predicted molar refractivity (Wildman–Crippen MR) is 91.1 cm³/mol. The van der Waals surface area contributed by atoms with Gasteiger partial charge in [0, 0.05) is 49.0 Å². The number of halogens is 4. The highest BCUT2D eigenvalue weighted by molar-refractivity contribution is 6.35. The van der Waals surface area contributed by atoms with Crippen LogP contribution in [0.4, 0.5) is 8.78 Å². The van der Waals surface area contributed by atoms with Gasteiger partial charge in [-0.1, -0.05) is 29.3 Å². The summed E-state index contributed by atoms with van der Waals surface area (Å²) in [6, 6.07) is 6.68. The van der Waals surface area contributed by atoms with E-state index in [9.17, 15) is 13.6 Å². The van der Waals surface area contributed by atoms with E-state index in [0.717, 1.165) is 5.56 Å². The Morgan fingerprint density at radius 2 is 1.88 bits per heavy atom. The van der Waals surface area contributed by atoms with Gasteiger partial charge in [0.15, 0.2) is 0 Å². The molecule has 2 heterocycles. The third kappa shape index (κ3) is 4.11. The van der Waals surface area contributed by atoms with E-state index in [1.807, 2.05) is 6.07 Å². The number of nitrogens with zero attached hydrogens (tertiary/aromatic N) is 4. The fraction of sp³-hybridized carbons (Fsp3) is 0.375. The Morgan fingerprint density at radius 3 is 2.52 bits per heavy atom. The van der Waals surface area contributed by atoms with Gasteiger partial charge < -0.3 is 4.90 Å². The van der Waals surface area contributed by atoms with E-state index in [0.29, 0.717) is 47.5 Å². The van der Waals surface area contributed by atoms with Crippen molar-refractivity contribution >= 4 is 29.1 Å². The van der Waals surface area contributed by atoms with E-state index in [1.165, 1.54) is 12.3 Å². The number of rotatable bonds is 4. The molecule has 1 amide bonds. The van der Waals surface area contributed by atoms with Gasteiger partial charge in [0.05, 0.1) is 0 Å². The number of carbonyl (C=O) groups excluding carboxylic acids is 1. The average Bonchev–Trinajstić information content (AvgIpc) is 3.07. The van der Waals surface area contributed by atoms with E-state index in [2.05, 4.69) is 10.00 Å². The molecule has 0 bridgehead atoms. The lowest BCUT2D eigenvalue weighted by Gasteiger charge is -2.34. The minimum atomic E-state index is -2.83. The molecule has 0 atom stereocenters. The molecule has 5 nitrogen and oxygen atoms in total. The largest absolute Gasteiger partial charge is 0.335 e. The molecule has 0 aliphatic carbocycles. The van der Waals surface area contributed by atoms with Crippen LogP contribution in [0.3, 0.4) is 0 Å². The van der Waals surface area contributed by atoms with Crippen LogP contribution in [0, 0.1) is 0 Å². The quantitative estimate of drug-likeness (QED) is 0.804. The SMILES string of the molecule is O=C(c1ccnn1C(F)F)N1CCN(Cc2ccc(Cl)cc2Cl)CC1. The zero-order valence-electron chi connectivity index (χ0n) is 13.2. The Kier molecular flexibility index (Phi) is 5.56. The molecule has 0 N–H and O–H groups in total. The monoisotopic (exact) mass is 388 g/mol. The van der Waals surface area contributed by atoms with Crippen LogP contribution >= 0.6 is 23.2 Å². The molecule has 2 aromatic rings. The summed E-state index contributed by atoms with van der Waals surface area (Å²) in [5, 5.41) is 4.69. The molecule has 1 fully saturated rings. The molecule has 1 saturated heterocycles. The first-order chi connectivity index (χ1) is 12.0. The van der Waals surface area contributed by atoms with Crippen molar-refractivity contribution < 1.29 is 13.6 Å². The molecular formula is C16H16Cl2F2N4O. The van der Waals surface area contributed by atoms with Crippen molar-refractivity contribution in [2.75, 3.05) is 26.2 Å². The Hall–Kier alpha value is -1.70. The van der Waals surface area contributed by atoms with Crippen LogP contribution < -0.4 is 0 Å². The van der Waals surface area contributed by atoms with Crippen molar-refractivity contribution in [2.24, 2.45) is 0 Å². The minimum Gasteiger partial charge on any atom is -0.335 e. The molecule has 1 aliphatic heterocycles.